The van der Waals surface area contributed by atoms with Crippen molar-refractivity contribution in [3.63, 3.8) is 0 Å². The fourth-order valence-corrected chi connectivity index (χ4v) is 1.90. The first kappa shape index (κ1) is 11.7. The van der Waals surface area contributed by atoms with Crippen molar-refractivity contribution in [2.45, 2.75) is 20.3 Å². The number of nitrogens with one attached hydrogen (secondary N) is 1. The Labute approximate surface area is 100 Å². The van der Waals surface area contributed by atoms with Crippen molar-refractivity contribution in [1.82, 2.24) is 0 Å². The summed E-state index contributed by atoms with van der Waals surface area (Å²) in [4.78, 5) is 11.7. The summed E-state index contributed by atoms with van der Waals surface area (Å²) in [6.07, 6.45) is 0.752. The molecule has 0 radical (unpaired) electrons. The molecule has 1 heterocycles. The van der Waals surface area contributed by atoms with Crippen LogP contribution in [0.2, 0.25) is 0 Å². The Bertz CT molecular complexity index is 584. The SMILES string of the molecule is CNc1ccc2oc(=O)c(CC(C)C)cc2c1. The molecule has 0 bridgehead atoms. The zero-order chi connectivity index (χ0) is 12.4. The topological polar surface area (TPSA) is 42.2 Å². The number of anilines is 1. The second-order valence-corrected chi connectivity index (χ2v) is 4.66. The fraction of sp³-hybridized carbons (Fsp3) is 0.357. The van der Waals surface area contributed by atoms with Crippen molar-refractivity contribution >= 4 is 16.7 Å². The molecule has 3 heteroatoms. The van der Waals surface area contributed by atoms with Crippen LogP contribution in [0.1, 0.15) is 19.4 Å². The van der Waals surface area contributed by atoms with Crippen LogP contribution in [0.5, 0.6) is 0 Å². The van der Waals surface area contributed by atoms with Crippen LogP contribution >= 0.6 is 0 Å². The Morgan fingerprint density at radius 1 is 1.29 bits per heavy atom. The standard InChI is InChI=1S/C14H17NO2/c1-9(2)6-11-7-10-8-12(15-3)4-5-13(10)17-14(11)16/h4-5,7-9,15H,6H2,1-3H3. The molecule has 0 aliphatic carbocycles. The maximum atomic E-state index is 11.7. The van der Waals surface area contributed by atoms with Gasteiger partial charge in [0.1, 0.15) is 5.58 Å². The van der Waals surface area contributed by atoms with Gasteiger partial charge in [-0.3, -0.25) is 0 Å². The third-order valence-electron chi connectivity index (χ3n) is 2.72. The van der Waals surface area contributed by atoms with Crippen LogP contribution in [-0.4, -0.2) is 7.05 Å². The monoisotopic (exact) mass is 231 g/mol. The Kier molecular flexibility index (Phi) is 3.18. The summed E-state index contributed by atoms with van der Waals surface area (Å²) in [7, 11) is 1.87. The molecule has 0 unspecified atom stereocenters. The van der Waals surface area contributed by atoms with Gasteiger partial charge >= 0.3 is 5.63 Å². The van der Waals surface area contributed by atoms with E-state index in [-0.39, 0.29) is 5.63 Å². The highest BCUT2D eigenvalue weighted by Gasteiger charge is 2.07. The van der Waals surface area contributed by atoms with Crippen molar-refractivity contribution in [3.05, 3.63) is 40.2 Å². The molecule has 0 saturated carbocycles. The molecule has 0 saturated heterocycles. The second-order valence-electron chi connectivity index (χ2n) is 4.66. The average molecular weight is 231 g/mol. The summed E-state index contributed by atoms with van der Waals surface area (Å²) in [6.45, 7) is 4.18. The number of rotatable bonds is 3. The largest absolute Gasteiger partial charge is 0.423 e. The zero-order valence-electron chi connectivity index (χ0n) is 10.4. The zero-order valence-corrected chi connectivity index (χ0v) is 10.4. The summed E-state index contributed by atoms with van der Waals surface area (Å²) in [5, 5.41) is 4.04. The second kappa shape index (κ2) is 4.62. The first-order valence-corrected chi connectivity index (χ1v) is 5.84. The van der Waals surface area contributed by atoms with E-state index in [1.807, 2.05) is 31.3 Å². The van der Waals surface area contributed by atoms with Crippen LogP contribution in [0.25, 0.3) is 11.0 Å². The Morgan fingerprint density at radius 3 is 2.71 bits per heavy atom. The van der Waals surface area contributed by atoms with Crippen molar-refractivity contribution < 1.29 is 4.42 Å². The van der Waals surface area contributed by atoms with E-state index in [9.17, 15) is 4.79 Å². The molecule has 0 aliphatic rings. The predicted molar refractivity (Wildman–Crippen MR) is 70.6 cm³/mol. The van der Waals surface area contributed by atoms with Crippen molar-refractivity contribution in [2.24, 2.45) is 5.92 Å². The first-order valence-electron chi connectivity index (χ1n) is 5.84. The lowest BCUT2D eigenvalue weighted by Gasteiger charge is -2.06. The normalized spacial score (nSPS) is 11.1. The molecular weight excluding hydrogens is 214 g/mol. The van der Waals surface area contributed by atoms with Crippen molar-refractivity contribution in [3.8, 4) is 0 Å². The van der Waals surface area contributed by atoms with Gasteiger partial charge in [0.15, 0.2) is 0 Å². The van der Waals surface area contributed by atoms with Crippen molar-refractivity contribution in [2.75, 3.05) is 12.4 Å². The molecule has 3 nitrogen and oxygen atoms in total. The van der Waals surface area contributed by atoms with E-state index < -0.39 is 0 Å². The molecule has 1 N–H and O–H groups in total. The van der Waals surface area contributed by atoms with Gasteiger partial charge in [0.05, 0.1) is 0 Å². The highest BCUT2D eigenvalue weighted by atomic mass is 16.4. The van der Waals surface area contributed by atoms with Crippen LogP contribution in [0.15, 0.2) is 33.5 Å². The van der Waals surface area contributed by atoms with Gasteiger partial charge in [-0.15, -0.1) is 0 Å². The Balaban J connectivity index is 2.56. The lowest BCUT2D eigenvalue weighted by atomic mass is 10.0. The smallest absolute Gasteiger partial charge is 0.339 e. The van der Waals surface area contributed by atoms with Gasteiger partial charge in [0, 0.05) is 23.7 Å². The fourth-order valence-electron chi connectivity index (χ4n) is 1.90. The molecular formula is C14H17NO2. The van der Waals surface area contributed by atoms with E-state index in [0.29, 0.717) is 11.5 Å². The molecule has 2 rings (SSSR count). The Morgan fingerprint density at radius 2 is 2.06 bits per heavy atom. The maximum Gasteiger partial charge on any atom is 0.339 e. The highest BCUT2D eigenvalue weighted by Crippen LogP contribution is 2.19. The molecule has 2 aromatic rings. The molecule has 17 heavy (non-hydrogen) atoms. The number of hydrogen-bond acceptors (Lipinski definition) is 3. The quantitative estimate of drug-likeness (QED) is 0.825. The van der Waals surface area contributed by atoms with Gasteiger partial charge in [0.25, 0.3) is 0 Å². The first-order chi connectivity index (χ1) is 8.10. The minimum atomic E-state index is -0.219. The molecule has 0 aliphatic heterocycles. The molecule has 90 valence electrons. The summed E-state index contributed by atoms with van der Waals surface area (Å²) in [6, 6.07) is 7.64. The van der Waals surface area contributed by atoms with E-state index in [1.165, 1.54) is 0 Å². The number of benzene rings is 1. The minimum absolute atomic E-state index is 0.219. The maximum absolute atomic E-state index is 11.7. The van der Waals surface area contributed by atoms with Crippen LogP contribution in [0.3, 0.4) is 0 Å². The van der Waals surface area contributed by atoms with Gasteiger partial charge in [-0.25, -0.2) is 4.79 Å². The van der Waals surface area contributed by atoms with Gasteiger partial charge in [-0.05, 0) is 36.6 Å². The lowest BCUT2D eigenvalue weighted by molar-refractivity contribution is 0.535. The number of hydrogen-bond donors (Lipinski definition) is 1. The van der Waals surface area contributed by atoms with Gasteiger partial charge in [-0.1, -0.05) is 13.8 Å². The van der Waals surface area contributed by atoms with Gasteiger partial charge < -0.3 is 9.73 Å². The van der Waals surface area contributed by atoms with Crippen LogP contribution < -0.4 is 10.9 Å². The molecule has 1 aromatic carbocycles. The third kappa shape index (κ3) is 2.49. The summed E-state index contributed by atoms with van der Waals surface area (Å²) in [5.41, 5.74) is 2.19. The molecule has 1 aromatic heterocycles. The number of fused-ring (bicyclic) bond motifs is 1. The third-order valence-corrected chi connectivity index (χ3v) is 2.72. The van der Waals surface area contributed by atoms with Gasteiger partial charge in [0.2, 0.25) is 0 Å². The lowest BCUT2D eigenvalue weighted by Crippen LogP contribution is -2.09. The van der Waals surface area contributed by atoms with E-state index in [4.69, 9.17) is 4.42 Å². The summed E-state index contributed by atoms with van der Waals surface area (Å²) < 4.78 is 5.31. The molecule has 0 spiro atoms. The minimum Gasteiger partial charge on any atom is -0.423 e. The summed E-state index contributed by atoms with van der Waals surface area (Å²) >= 11 is 0. The van der Waals surface area contributed by atoms with E-state index in [0.717, 1.165) is 23.1 Å². The van der Waals surface area contributed by atoms with Crippen LogP contribution in [-0.2, 0) is 6.42 Å². The van der Waals surface area contributed by atoms with E-state index in [2.05, 4.69) is 19.2 Å². The van der Waals surface area contributed by atoms with E-state index >= 15 is 0 Å². The predicted octanol–water partition coefficient (Wildman–Crippen LogP) is 3.03. The van der Waals surface area contributed by atoms with Crippen LogP contribution in [0.4, 0.5) is 5.69 Å². The molecule has 0 atom stereocenters. The molecule has 0 amide bonds. The summed E-state index contributed by atoms with van der Waals surface area (Å²) in [5.74, 6) is 0.447. The average Bonchev–Trinajstić information content (AvgIpc) is 2.29. The highest BCUT2D eigenvalue weighted by molar-refractivity contribution is 5.81. The van der Waals surface area contributed by atoms with Crippen molar-refractivity contribution in [1.29, 1.82) is 0 Å². The molecule has 0 fully saturated rings. The van der Waals surface area contributed by atoms with Crippen LogP contribution in [0, 0.1) is 5.92 Å². The van der Waals surface area contributed by atoms with E-state index in [1.54, 1.807) is 0 Å². The Hall–Kier alpha value is -1.77. The van der Waals surface area contributed by atoms with Gasteiger partial charge in [-0.2, -0.15) is 0 Å².